The molecule has 0 fully saturated rings. The lowest BCUT2D eigenvalue weighted by Gasteiger charge is -2.09. The highest BCUT2D eigenvalue weighted by Gasteiger charge is 2.16. The molecule has 104 valence electrons. The molecule has 0 aliphatic carbocycles. The van der Waals surface area contributed by atoms with Gasteiger partial charge in [0, 0.05) is 6.07 Å². The SMILES string of the molecule is Cc1cccc(OCc2cc(F)ccc2[N+](=O)[O-])c1F. The Bertz CT molecular complexity index is 659. The van der Waals surface area contributed by atoms with E-state index in [1.165, 1.54) is 6.07 Å². The zero-order valence-electron chi connectivity index (χ0n) is 10.6. The van der Waals surface area contributed by atoms with Gasteiger partial charge in [-0.25, -0.2) is 8.78 Å². The van der Waals surface area contributed by atoms with Gasteiger partial charge in [-0.3, -0.25) is 10.1 Å². The van der Waals surface area contributed by atoms with E-state index >= 15 is 0 Å². The average Bonchev–Trinajstić information content (AvgIpc) is 2.40. The van der Waals surface area contributed by atoms with Gasteiger partial charge in [0.15, 0.2) is 11.6 Å². The Morgan fingerprint density at radius 3 is 2.70 bits per heavy atom. The van der Waals surface area contributed by atoms with E-state index in [1.54, 1.807) is 19.1 Å². The topological polar surface area (TPSA) is 52.4 Å². The Balaban J connectivity index is 2.24. The average molecular weight is 279 g/mol. The maximum atomic E-state index is 13.7. The first-order chi connectivity index (χ1) is 9.49. The van der Waals surface area contributed by atoms with Crippen molar-refractivity contribution in [2.45, 2.75) is 13.5 Å². The van der Waals surface area contributed by atoms with Crippen molar-refractivity contribution in [2.24, 2.45) is 0 Å². The Kier molecular flexibility index (Phi) is 3.93. The van der Waals surface area contributed by atoms with E-state index in [0.29, 0.717) is 5.56 Å². The lowest BCUT2D eigenvalue weighted by Crippen LogP contribution is -2.02. The van der Waals surface area contributed by atoms with Crippen LogP contribution >= 0.6 is 0 Å². The molecule has 0 aliphatic rings. The van der Waals surface area contributed by atoms with Gasteiger partial charge in [0.25, 0.3) is 5.69 Å². The van der Waals surface area contributed by atoms with Crippen LogP contribution in [0, 0.1) is 28.7 Å². The first-order valence-corrected chi connectivity index (χ1v) is 5.80. The molecule has 2 rings (SSSR count). The van der Waals surface area contributed by atoms with Crippen molar-refractivity contribution < 1.29 is 18.4 Å². The first kappa shape index (κ1) is 13.9. The number of hydrogen-bond acceptors (Lipinski definition) is 3. The number of benzene rings is 2. The Morgan fingerprint density at radius 2 is 2.00 bits per heavy atom. The number of rotatable bonds is 4. The molecule has 0 unspecified atom stereocenters. The van der Waals surface area contributed by atoms with Gasteiger partial charge in [0.05, 0.1) is 10.5 Å². The molecule has 0 spiro atoms. The molecule has 0 atom stereocenters. The second-order valence-electron chi connectivity index (χ2n) is 4.21. The minimum atomic E-state index is -0.634. The van der Waals surface area contributed by atoms with Crippen LogP contribution in [-0.2, 0) is 6.61 Å². The van der Waals surface area contributed by atoms with Crippen molar-refractivity contribution in [2.75, 3.05) is 0 Å². The molecule has 0 heterocycles. The largest absolute Gasteiger partial charge is 0.486 e. The van der Waals surface area contributed by atoms with Gasteiger partial charge in [-0.2, -0.15) is 0 Å². The Morgan fingerprint density at radius 1 is 1.25 bits per heavy atom. The summed E-state index contributed by atoms with van der Waals surface area (Å²) in [4.78, 5) is 10.2. The summed E-state index contributed by atoms with van der Waals surface area (Å²) in [6, 6.07) is 7.65. The summed E-state index contributed by atoms with van der Waals surface area (Å²) in [5.41, 5.74) is 0.187. The molecule has 0 aromatic heterocycles. The third-order valence-electron chi connectivity index (χ3n) is 2.78. The molecule has 6 heteroatoms. The normalized spacial score (nSPS) is 10.3. The second-order valence-corrected chi connectivity index (χ2v) is 4.21. The van der Waals surface area contributed by atoms with E-state index in [9.17, 15) is 18.9 Å². The summed E-state index contributed by atoms with van der Waals surface area (Å²) >= 11 is 0. The third-order valence-corrected chi connectivity index (χ3v) is 2.78. The third kappa shape index (κ3) is 2.90. The molecular formula is C14H11F2NO3. The van der Waals surface area contributed by atoms with E-state index < -0.39 is 16.6 Å². The molecule has 0 bridgehead atoms. The van der Waals surface area contributed by atoms with Gasteiger partial charge in [-0.1, -0.05) is 12.1 Å². The summed E-state index contributed by atoms with van der Waals surface area (Å²) in [6.45, 7) is 1.29. The number of aryl methyl sites for hydroxylation is 1. The summed E-state index contributed by atoms with van der Waals surface area (Å²) in [5, 5.41) is 10.8. The number of nitro groups is 1. The van der Waals surface area contributed by atoms with E-state index in [4.69, 9.17) is 4.74 Å². The van der Waals surface area contributed by atoms with Crippen LogP contribution in [0.4, 0.5) is 14.5 Å². The predicted octanol–water partition coefficient (Wildman–Crippen LogP) is 3.76. The van der Waals surface area contributed by atoms with E-state index in [-0.39, 0.29) is 23.6 Å². The highest BCUT2D eigenvalue weighted by Crippen LogP contribution is 2.24. The molecule has 20 heavy (non-hydrogen) atoms. The number of nitro benzene ring substituents is 1. The molecule has 0 saturated heterocycles. The Labute approximate surface area is 113 Å². The Hall–Kier alpha value is -2.50. The van der Waals surface area contributed by atoms with Crippen LogP contribution in [0.1, 0.15) is 11.1 Å². The van der Waals surface area contributed by atoms with Crippen molar-refractivity contribution in [3.8, 4) is 5.75 Å². The van der Waals surface area contributed by atoms with E-state index in [1.807, 2.05) is 0 Å². The van der Waals surface area contributed by atoms with Crippen molar-refractivity contribution in [3.63, 3.8) is 0 Å². The fourth-order valence-electron chi connectivity index (χ4n) is 1.74. The smallest absolute Gasteiger partial charge is 0.276 e. The zero-order valence-corrected chi connectivity index (χ0v) is 10.6. The molecule has 0 radical (unpaired) electrons. The molecule has 2 aromatic rings. The van der Waals surface area contributed by atoms with Gasteiger partial charge in [-0.05, 0) is 30.7 Å². The van der Waals surface area contributed by atoms with Crippen LogP contribution in [0.2, 0.25) is 0 Å². The predicted molar refractivity (Wildman–Crippen MR) is 68.5 cm³/mol. The highest BCUT2D eigenvalue weighted by atomic mass is 19.1. The quantitative estimate of drug-likeness (QED) is 0.632. The number of hydrogen-bond donors (Lipinski definition) is 0. The van der Waals surface area contributed by atoms with Crippen LogP contribution in [0.25, 0.3) is 0 Å². The monoisotopic (exact) mass is 279 g/mol. The van der Waals surface area contributed by atoms with E-state index in [0.717, 1.165) is 18.2 Å². The molecule has 2 aromatic carbocycles. The summed E-state index contributed by atoms with van der Waals surface area (Å²) in [5.74, 6) is -1.17. The number of nitrogens with zero attached hydrogens (tertiary/aromatic N) is 1. The fraction of sp³-hybridized carbons (Fsp3) is 0.143. The molecular weight excluding hydrogens is 268 g/mol. The van der Waals surface area contributed by atoms with Crippen molar-refractivity contribution >= 4 is 5.69 Å². The lowest BCUT2D eigenvalue weighted by molar-refractivity contribution is -0.385. The first-order valence-electron chi connectivity index (χ1n) is 5.80. The second kappa shape index (κ2) is 5.64. The molecule has 0 aliphatic heterocycles. The van der Waals surface area contributed by atoms with Crippen molar-refractivity contribution in [3.05, 3.63) is 69.3 Å². The van der Waals surface area contributed by atoms with Crippen LogP contribution in [0.15, 0.2) is 36.4 Å². The molecule has 4 nitrogen and oxygen atoms in total. The summed E-state index contributed by atoms with van der Waals surface area (Å²) < 4.78 is 32.0. The number of ether oxygens (including phenoxy) is 1. The van der Waals surface area contributed by atoms with Crippen LogP contribution in [0.5, 0.6) is 5.75 Å². The highest BCUT2D eigenvalue weighted by molar-refractivity contribution is 5.40. The van der Waals surface area contributed by atoms with Gasteiger partial charge in [-0.15, -0.1) is 0 Å². The van der Waals surface area contributed by atoms with Crippen molar-refractivity contribution in [1.82, 2.24) is 0 Å². The zero-order chi connectivity index (χ0) is 14.7. The fourth-order valence-corrected chi connectivity index (χ4v) is 1.74. The van der Waals surface area contributed by atoms with Gasteiger partial charge >= 0.3 is 0 Å². The molecule has 0 amide bonds. The standard InChI is InChI=1S/C14H11F2NO3/c1-9-3-2-4-13(14(9)16)20-8-10-7-11(15)5-6-12(10)17(18)19/h2-7H,8H2,1H3. The molecule has 0 N–H and O–H groups in total. The minimum Gasteiger partial charge on any atom is -0.486 e. The minimum absolute atomic E-state index is 0.0245. The summed E-state index contributed by atoms with van der Waals surface area (Å²) in [6.07, 6.45) is 0. The molecule has 0 saturated carbocycles. The van der Waals surface area contributed by atoms with Crippen LogP contribution in [-0.4, -0.2) is 4.92 Å². The maximum absolute atomic E-state index is 13.7. The van der Waals surface area contributed by atoms with Crippen molar-refractivity contribution in [1.29, 1.82) is 0 Å². The van der Waals surface area contributed by atoms with Gasteiger partial charge in [0.1, 0.15) is 12.4 Å². The van der Waals surface area contributed by atoms with Crippen LogP contribution < -0.4 is 4.74 Å². The maximum Gasteiger partial charge on any atom is 0.276 e. The van der Waals surface area contributed by atoms with Gasteiger partial charge in [0.2, 0.25) is 0 Å². The summed E-state index contributed by atoms with van der Waals surface area (Å²) in [7, 11) is 0. The van der Waals surface area contributed by atoms with Gasteiger partial charge < -0.3 is 4.74 Å². The van der Waals surface area contributed by atoms with Crippen LogP contribution in [0.3, 0.4) is 0 Å². The van der Waals surface area contributed by atoms with E-state index in [2.05, 4.69) is 0 Å². The lowest BCUT2D eigenvalue weighted by atomic mass is 10.2. The number of halogens is 2.